The van der Waals surface area contributed by atoms with Crippen molar-refractivity contribution in [2.75, 3.05) is 26.2 Å². The van der Waals surface area contributed by atoms with Crippen LogP contribution in [0, 0.1) is 5.92 Å². The largest absolute Gasteiger partial charge is 0.317 e. The number of benzene rings is 1. The molecule has 1 N–H and O–H groups in total. The SMILES string of the molecule is CCN(CC1CCNCC1)C(C)c1ccc(C(C)C)cc1. The third kappa shape index (κ3) is 4.55. The van der Waals surface area contributed by atoms with Gasteiger partial charge in [0.2, 0.25) is 0 Å². The molecule has 0 saturated carbocycles. The molecule has 21 heavy (non-hydrogen) atoms. The van der Waals surface area contributed by atoms with Crippen LogP contribution in [0.25, 0.3) is 0 Å². The van der Waals surface area contributed by atoms with Gasteiger partial charge >= 0.3 is 0 Å². The quantitative estimate of drug-likeness (QED) is 0.844. The average molecular weight is 288 g/mol. The van der Waals surface area contributed by atoms with Gasteiger partial charge < -0.3 is 5.32 Å². The van der Waals surface area contributed by atoms with Crippen LogP contribution in [0.3, 0.4) is 0 Å². The summed E-state index contributed by atoms with van der Waals surface area (Å²) in [5, 5.41) is 3.47. The van der Waals surface area contributed by atoms with Gasteiger partial charge in [-0.05, 0) is 62.4 Å². The Labute approximate surface area is 130 Å². The molecule has 2 rings (SSSR count). The molecule has 1 saturated heterocycles. The molecular weight excluding hydrogens is 256 g/mol. The number of nitrogens with one attached hydrogen (secondary N) is 1. The van der Waals surface area contributed by atoms with Crippen LogP contribution in [-0.4, -0.2) is 31.1 Å². The first-order chi connectivity index (χ1) is 10.1. The Bertz CT molecular complexity index is 404. The minimum Gasteiger partial charge on any atom is -0.317 e. The van der Waals surface area contributed by atoms with Crippen molar-refractivity contribution in [3.05, 3.63) is 35.4 Å². The molecule has 0 amide bonds. The lowest BCUT2D eigenvalue weighted by molar-refractivity contribution is 0.169. The summed E-state index contributed by atoms with van der Waals surface area (Å²) in [6.07, 6.45) is 2.66. The maximum atomic E-state index is 3.47. The van der Waals surface area contributed by atoms with E-state index >= 15 is 0 Å². The van der Waals surface area contributed by atoms with E-state index in [1.165, 1.54) is 43.6 Å². The van der Waals surface area contributed by atoms with Crippen molar-refractivity contribution in [2.45, 2.75) is 52.5 Å². The zero-order chi connectivity index (χ0) is 15.2. The van der Waals surface area contributed by atoms with Crippen LogP contribution in [-0.2, 0) is 0 Å². The molecule has 1 heterocycles. The minimum absolute atomic E-state index is 0.520. The van der Waals surface area contributed by atoms with E-state index in [1.54, 1.807) is 0 Å². The summed E-state index contributed by atoms with van der Waals surface area (Å²) < 4.78 is 0. The number of hydrogen-bond donors (Lipinski definition) is 1. The first kappa shape index (κ1) is 16.5. The van der Waals surface area contributed by atoms with E-state index < -0.39 is 0 Å². The van der Waals surface area contributed by atoms with Crippen molar-refractivity contribution in [2.24, 2.45) is 5.92 Å². The Kier molecular flexibility index (Phi) is 6.25. The van der Waals surface area contributed by atoms with Crippen molar-refractivity contribution in [3.63, 3.8) is 0 Å². The van der Waals surface area contributed by atoms with Crippen LogP contribution >= 0.6 is 0 Å². The first-order valence-corrected chi connectivity index (χ1v) is 8.66. The van der Waals surface area contributed by atoms with Gasteiger partial charge in [0.05, 0.1) is 0 Å². The standard InChI is InChI=1S/C19H32N2/c1-5-21(14-17-10-12-20-13-11-17)16(4)19-8-6-18(7-9-19)15(2)3/h6-9,15-17,20H,5,10-14H2,1-4H3. The Morgan fingerprint density at radius 1 is 1.05 bits per heavy atom. The van der Waals surface area contributed by atoms with E-state index in [4.69, 9.17) is 0 Å². The van der Waals surface area contributed by atoms with Crippen molar-refractivity contribution >= 4 is 0 Å². The maximum absolute atomic E-state index is 3.47. The van der Waals surface area contributed by atoms with E-state index in [0.29, 0.717) is 12.0 Å². The van der Waals surface area contributed by atoms with E-state index in [-0.39, 0.29) is 0 Å². The van der Waals surface area contributed by atoms with Gasteiger partial charge in [0, 0.05) is 12.6 Å². The molecule has 118 valence electrons. The van der Waals surface area contributed by atoms with Crippen molar-refractivity contribution in [1.82, 2.24) is 10.2 Å². The zero-order valence-corrected chi connectivity index (χ0v) is 14.2. The summed E-state index contributed by atoms with van der Waals surface area (Å²) in [7, 11) is 0. The van der Waals surface area contributed by atoms with Gasteiger partial charge in [-0.2, -0.15) is 0 Å². The number of nitrogens with zero attached hydrogens (tertiary/aromatic N) is 1. The van der Waals surface area contributed by atoms with Gasteiger partial charge in [-0.25, -0.2) is 0 Å². The van der Waals surface area contributed by atoms with Gasteiger partial charge in [0.25, 0.3) is 0 Å². The molecule has 2 nitrogen and oxygen atoms in total. The third-order valence-electron chi connectivity index (χ3n) is 4.99. The molecule has 0 aliphatic carbocycles. The summed E-state index contributed by atoms with van der Waals surface area (Å²) >= 11 is 0. The predicted octanol–water partition coefficient (Wildman–Crippen LogP) is 4.19. The fourth-order valence-electron chi connectivity index (χ4n) is 3.33. The Morgan fingerprint density at radius 2 is 1.62 bits per heavy atom. The molecule has 1 aliphatic rings. The van der Waals surface area contributed by atoms with Gasteiger partial charge in [-0.3, -0.25) is 4.90 Å². The molecular formula is C19H32N2. The molecule has 2 heteroatoms. The second-order valence-corrected chi connectivity index (χ2v) is 6.78. The van der Waals surface area contributed by atoms with E-state index in [9.17, 15) is 0 Å². The highest BCUT2D eigenvalue weighted by Crippen LogP contribution is 2.25. The third-order valence-corrected chi connectivity index (χ3v) is 4.99. The molecule has 1 aromatic carbocycles. The Hall–Kier alpha value is -0.860. The second-order valence-electron chi connectivity index (χ2n) is 6.78. The molecule has 1 unspecified atom stereocenters. The van der Waals surface area contributed by atoms with Crippen LogP contribution < -0.4 is 5.32 Å². The molecule has 0 aromatic heterocycles. The van der Waals surface area contributed by atoms with Gasteiger partial charge in [0.15, 0.2) is 0 Å². The van der Waals surface area contributed by atoms with E-state index in [2.05, 4.69) is 62.2 Å². The van der Waals surface area contributed by atoms with Gasteiger partial charge in [-0.15, -0.1) is 0 Å². The number of rotatable bonds is 6. The monoisotopic (exact) mass is 288 g/mol. The normalized spacial score (nSPS) is 18.4. The Balaban J connectivity index is 1.99. The lowest BCUT2D eigenvalue weighted by atomic mass is 9.95. The van der Waals surface area contributed by atoms with E-state index in [1.807, 2.05) is 0 Å². The topological polar surface area (TPSA) is 15.3 Å². The maximum Gasteiger partial charge on any atom is 0.0319 e. The summed E-state index contributed by atoms with van der Waals surface area (Å²) in [4.78, 5) is 2.64. The summed E-state index contributed by atoms with van der Waals surface area (Å²) in [5.41, 5.74) is 2.89. The van der Waals surface area contributed by atoms with Crippen molar-refractivity contribution in [3.8, 4) is 0 Å². The highest BCUT2D eigenvalue weighted by Gasteiger charge is 2.20. The Morgan fingerprint density at radius 3 is 2.14 bits per heavy atom. The highest BCUT2D eigenvalue weighted by molar-refractivity contribution is 5.26. The smallest absolute Gasteiger partial charge is 0.0319 e. The molecule has 0 radical (unpaired) electrons. The van der Waals surface area contributed by atoms with Crippen molar-refractivity contribution in [1.29, 1.82) is 0 Å². The number of hydrogen-bond acceptors (Lipinski definition) is 2. The molecule has 0 spiro atoms. The lowest BCUT2D eigenvalue weighted by Gasteiger charge is -2.33. The van der Waals surface area contributed by atoms with Gasteiger partial charge in [-0.1, -0.05) is 45.0 Å². The zero-order valence-electron chi connectivity index (χ0n) is 14.2. The molecule has 1 aliphatic heterocycles. The van der Waals surface area contributed by atoms with Gasteiger partial charge in [0.1, 0.15) is 0 Å². The summed E-state index contributed by atoms with van der Waals surface area (Å²) in [6, 6.07) is 9.77. The van der Waals surface area contributed by atoms with E-state index in [0.717, 1.165) is 12.5 Å². The predicted molar refractivity (Wildman–Crippen MR) is 91.8 cm³/mol. The van der Waals surface area contributed by atoms with Crippen LogP contribution in [0.1, 0.15) is 63.6 Å². The lowest BCUT2D eigenvalue weighted by Crippen LogP contribution is -2.37. The number of piperidine rings is 1. The molecule has 1 atom stereocenters. The van der Waals surface area contributed by atoms with Crippen LogP contribution in [0.2, 0.25) is 0 Å². The average Bonchev–Trinajstić information content (AvgIpc) is 2.53. The van der Waals surface area contributed by atoms with Crippen LogP contribution in [0.5, 0.6) is 0 Å². The molecule has 0 bridgehead atoms. The summed E-state index contributed by atoms with van der Waals surface area (Å²) in [6.45, 7) is 13.9. The fraction of sp³-hybridized carbons (Fsp3) is 0.684. The first-order valence-electron chi connectivity index (χ1n) is 8.66. The second kappa shape index (κ2) is 7.95. The molecule has 1 fully saturated rings. The fourth-order valence-corrected chi connectivity index (χ4v) is 3.33. The van der Waals surface area contributed by atoms with Crippen LogP contribution in [0.15, 0.2) is 24.3 Å². The highest BCUT2D eigenvalue weighted by atomic mass is 15.1. The molecule has 1 aromatic rings. The van der Waals surface area contributed by atoms with Crippen LogP contribution in [0.4, 0.5) is 0 Å². The minimum atomic E-state index is 0.520. The summed E-state index contributed by atoms with van der Waals surface area (Å²) in [5.74, 6) is 1.48. The van der Waals surface area contributed by atoms with Crippen molar-refractivity contribution < 1.29 is 0 Å².